The van der Waals surface area contributed by atoms with E-state index in [1.165, 1.54) is 0 Å². The molecule has 0 aliphatic carbocycles. The van der Waals surface area contributed by atoms with E-state index < -0.39 is 12.9 Å². The standard InChI is InChI=1S/C21H19O2P/c1-17(21(22)23)24(18-11-5-2-6-12-18,19-13-7-3-8-14-19)20-15-9-4-10-16-20/h2-16H,1H3,(H,22,23). The van der Waals surface area contributed by atoms with Crippen molar-refractivity contribution in [1.82, 2.24) is 0 Å². The highest BCUT2D eigenvalue weighted by Crippen LogP contribution is 2.46. The maximum absolute atomic E-state index is 12.1. The summed E-state index contributed by atoms with van der Waals surface area (Å²) in [5.74, 6) is -0.847. The lowest BCUT2D eigenvalue weighted by molar-refractivity contribution is -0.129. The van der Waals surface area contributed by atoms with Crippen molar-refractivity contribution in [3.05, 3.63) is 91.0 Å². The largest absolute Gasteiger partial charge is 0.478 e. The van der Waals surface area contributed by atoms with Gasteiger partial charge in [-0.05, 0) is 29.7 Å². The van der Waals surface area contributed by atoms with Crippen LogP contribution in [0.15, 0.2) is 91.0 Å². The Morgan fingerprint density at radius 1 is 0.667 bits per heavy atom. The van der Waals surface area contributed by atoms with Crippen molar-refractivity contribution >= 4 is 34.1 Å². The fraction of sp³-hybridized carbons (Fsp3) is 0.0476. The molecule has 0 saturated heterocycles. The Balaban J connectivity index is 2.53. The highest BCUT2D eigenvalue weighted by molar-refractivity contribution is 7.96. The van der Waals surface area contributed by atoms with Gasteiger partial charge in [-0.2, -0.15) is 0 Å². The van der Waals surface area contributed by atoms with Crippen LogP contribution in [0.1, 0.15) is 6.92 Å². The van der Waals surface area contributed by atoms with Gasteiger partial charge in [-0.3, -0.25) is 0 Å². The molecule has 3 aromatic carbocycles. The average molecular weight is 334 g/mol. The van der Waals surface area contributed by atoms with Crippen LogP contribution in [0.2, 0.25) is 0 Å². The molecule has 0 amide bonds. The summed E-state index contributed by atoms with van der Waals surface area (Å²) in [6, 6.07) is 30.0. The zero-order valence-corrected chi connectivity index (χ0v) is 14.4. The predicted molar refractivity (Wildman–Crippen MR) is 103 cm³/mol. The lowest BCUT2D eigenvalue weighted by Gasteiger charge is -2.30. The van der Waals surface area contributed by atoms with Crippen LogP contribution in [-0.2, 0) is 4.79 Å². The SMILES string of the molecule is CC(C(=O)O)=P(c1ccccc1)(c1ccccc1)c1ccccc1. The van der Waals surface area contributed by atoms with Gasteiger partial charge in [0.05, 0.1) is 0 Å². The fourth-order valence-corrected chi connectivity index (χ4v) is 7.33. The van der Waals surface area contributed by atoms with Gasteiger partial charge in [-0.1, -0.05) is 91.0 Å². The first-order chi connectivity index (χ1) is 11.7. The molecule has 1 N–H and O–H groups in total. The van der Waals surface area contributed by atoms with E-state index in [1.807, 2.05) is 91.0 Å². The van der Waals surface area contributed by atoms with Crippen molar-refractivity contribution in [1.29, 1.82) is 0 Å². The molecule has 3 heteroatoms. The molecule has 0 bridgehead atoms. The average Bonchev–Trinajstić information content (AvgIpc) is 2.65. The first-order valence-electron chi connectivity index (χ1n) is 7.80. The molecule has 0 unspecified atom stereocenters. The summed E-state index contributed by atoms with van der Waals surface area (Å²) in [6.07, 6.45) is 0. The van der Waals surface area contributed by atoms with Crippen LogP contribution in [0.25, 0.3) is 0 Å². The zero-order chi connectivity index (χ0) is 17.0. The summed E-state index contributed by atoms with van der Waals surface area (Å²) >= 11 is 0. The monoisotopic (exact) mass is 334 g/mol. The fourth-order valence-electron chi connectivity index (χ4n) is 3.13. The maximum atomic E-state index is 12.1. The third-order valence-corrected chi connectivity index (χ3v) is 8.66. The summed E-state index contributed by atoms with van der Waals surface area (Å²) in [6.45, 7) is -0.630. The lowest BCUT2D eigenvalue weighted by Crippen LogP contribution is -2.32. The molecule has 0 atom stereocenters. The van der Waals surface area contributed by atoms with Crippen LogP contribution < -0.4 is 15.9 Å². The minimum absolute atomic E-state index is 0.492. The van der Waals surface area contributed by atoms with E-state index in [0.29, 0.717) is 5.29 Å². The summed E-state index contributed by atoms with van der Waals surface area (Å²) < 4.78 is 0. The number of carboxylic acid groups (broad SMARTS) is 1. The molecule has 3 rings (SSSR count). The number of rotatable bonds is 4. The number of hydrogen-bond acceptors (Lipinski definition) is 1. The van der Waals surface area contributed by atoms with E-state index in [9.17, 15) is 9.90 Å². The first kappa shape index (κ1) is 16.3. The van der Waals surface area contributed by atoms with Gasteiger partial charge in [0.2, 0.25) is 0 Å². The summed E-state index contributed by atoms with van der Waals surface area (Å²) in [5.41, 5.74) is 0. The highest BCUT2D eigenvalue weighted by atomic mass is 31.2. The minimum atomic E-state index is -2.38. The van der Waals surface area contributed by atoms with Crippen LogP contribution >= 0.6 is 6.89 Å². The number of carbonyl (C=O) groups is 1. The third-order valence-electron chi connectivity index (χ3n) is 4.24. The molecule has 0 aliphatic rings. The summed E-state index contributed by atoms with van der Waals surface area (Å²) in [7, 11) is 0. The second-order valence-electron chi connectivity index (χ2n) is 5.57. The van der Waals surface area contributed by atoms with Crippen molar-refractivity contribution in [2.24, 2.45) is 0 Å². The third kappa shape index (κ3) is 2.70. The highest BCUT2D eigenvalue weighted by Gasteiger charge is 2.30. The second kappa shape index (κ2) is 6.90. The quantitative estimate of drug-likeness (QED) is 0.744. The van der Waals surface area contributed by atoms with Gasteiger partial charge in [0.15, 0.2) is 0 Å². The van der Waals surface area contributed by atoms with Crippen molar-refractivity contribution in [2.75, 3.05) is 0 Å². The summed E-state index contributed by atoms with van der Waals surface area (Å²) in [4.78, 5) is 12.1. The second-order valence-corrected chi connectivity index (χ2v) is 9.13. The van der Waals surface area contributed by atoms with E-state index in [1.54, 1.807) is 6.92 Å². The van der Waals surface area contributed by atoms with E-state index in [-0.39, 0.29) is 0 Å². The van der Waals surface area contributed by atoms with Gasteiger partial charge >= 0.3 is 5.97 Å². The normalized spacial score (nSPS) is 11.0. The molecular formula is C21H19O2P. The summed E-state index contributed by atoms with van der Waals surface area (Å²) in [5, 5.41) is 13.6. The molecule has 0 heterocycles. The molecule has 0 spiro atoms. The zero-order valence-electron chi connectivity index (χ0n) is 13.5. The maximum Gasteiger partial charge on any atom is 0.332 e. The minimum Gasteiger partial charge on any atom is -0.478 e. The lowest BCUT2D eigenvalue weighted by atomic mass is 10.4. The van der Waals surface area contributed by atoms with Crippen molar-refractivity contribution in [3.8, 4) is 0 Å². The van der Waals surface area contributed by atoms with Gasteiger partial charge < -0.3 is 5.11 Å². The molecule has 3 aromatic rings. The van der Waals surface area contributed by atoms with Gasteiger partial charge in [0, 0.05) is 5.29 Å². The Morgan fingerprint density at radius 3 is 1.21 bits per heavy atom. The Hall–Kier alpha value is -2.57. The van der Waals surface area contributed by atoms with Crippen LogP contribution in [0.4, 0.5) is 0 Å². The predicted octanol–water partition coefficient (Wildman–Crippen LogP) is 3.26. The van der Waals surface area contributed by atoms with Crippen LogP contribution in [0.5, 0.6) is 0 Å². The molecule has 0 fully saturated rings. The number of carboxylic acids is 1. The Morgan fingerprint density at radius 2 is 0.958 bits per heavy atom. The molecule has 0 saturated carbocycles. The van der Waals surface area contributed by atoms with Crippen LogP contribution in [-0.4, -0.2) is 16.4 Å². The van der Waals surface area contributed by atoms with E-state index in [0.717, 1.165) is 15.9 Å². The molecule has 0 aromatic heterocycles. The smallest absolute Gasteiger partial charge is 0.332 e. The van der Waals surface area contributed by atoms with Crippen LogP contribution in [0, 0.1) is 0 Å². The van der Waals surface area contributed by atoms with Crippen LogP contribution in [0.3, 0.4) is 0 Å². The number of benzene rings is 3. The topological polar surface area (TPSA) is 37.3 Å². The van der Waals surface area contributed by atoms with Gasteiger partial charge in [0.1, 0.15) is 0 Å². The first-order valence-corrected chi connectivity index (χ1v) is 9.59. The van der Waals surface area contributed by atoms with Gasteiger partial charge in [-0.25, -0.2) is 4.79 Å². The van der Waals surface area contributed by atoms with Crippen molar-refractivity contribution in [3.63, 3.8) is 0 Å². The van der Waals surface area contributed by atoms with Gasteiger partial charge in [-0.15, -0.1) is 0 Å². The Labute approximate surface area is 142 Å². The molecule has 0 aliphatic heterocycles. The Kier molecular flexibility index (Phi) is 4.69. The molecule has 0 radical (unpaired) electrons. The number of aliphatic carboxylic acids is 1. The van der Waals surface area contributed by atoms with Crippen molar-refractivity contribution < 1.29 is 9.90 Å². The molecule has 120 valence electrons. The van der Waals surface area contributed by atoms with E-state index >= 15 is 0 Å². The Bertz CT molecular complexity index is 781. The molecule has 24 heavy (non-hydrogen) atoms. The number of hydrogen-bond donors (Lipinski definition) is 1. The van der Waals surface area contributed by atoms with E-state index in [2.05, 4.69) is 0 Å². The van der Waals surface area contributed by atoms with Gasteiger partial charge in [0.25, 0.3) is 0 Å². The molecular weight excluding hydrogens is 315 g/mol. The van der Waals surface area contributed by atoms with E-state index in [4.69, 9.17) is 0 Å². The molecule has 2 nitrogen and oxygen atoms in total. The van der Waals surface area contributed by atoms with Crippen molar-refractivity contribution in [2.45, 2.75) is 6.92 Å².